The fourth-order valence-electron chi connectivity index (χ4n) is 2.39. The van der Waals surface area contributed by atoms with Crippen LogP contribution in [0.5, 0.6) is 0 Å². The molecule has 5 heteroatoms. The number of hydrogen-bond donors (Lipinski definition) is 1. The van der Waals surface area contributed by atoms with Gasteiger partial charge in [0.1, 0.15) is 0 Å². The van der Waals surface area contributed by atoms with Crippen molar-refractivity contribution in [1.82, 2.24) is 9.80 Å². The number of likely N-dealkylation sites (tertiary alicyclic amines) is 1. The third-order valence-corrected chi connectivity index (χ3v) is 3.68. The lowest BCUT2D eigenvalue weighted by molar-refractivity contribution is 0.148. The number of nitriles is 1. The smallest absolute Gasteiger partial charge is 0.321 e. The molecule has 1 fully saturated rings. The SMILES string of the molecule is CN(C)[C@@H]1CCCN(C(=O)Nc2ccc(C#N)cc2)C1. The quantitative estimate of drug-likeness (QED) is 0.897. The Morgan fingerprint density at radius 2 is 2.10 bits per heavy atom. The zero-order valence-corrected chi connectivity index (χ0v) is 12.0. The number of urea groups is 1. The maximum Gasteiger partial charge on any atom is 0.321 e. The molecule has 1 aliphatic heterocycles. The Hall–Kier alpha value is -2.06. The molecular formula is C15H20N4O. The predicted molar refractivity (Wildman–Crippen MR) is 78.5 cm³/mol. The number of hydrogen-bond acceptors (Lipinski definition) is 3. The summed E-state index contributed by atoms with van der Waals surface area (Å²) in [5.41, 5.74) is 1.31. The van der Waals surface area contributed by atoms with Crippen molar-refractivity contribution in [2.45, 2.75) is 18.9 Å². The summed E-state index contributed by atoms with van der Waals surface area (Å²) in [6, 6.07) is 9.33. The van der Waals surface area contributed by atoms with Gasteiger partial charge in [0.2, 0.25) is 0 Å². The summed E-state index contributed by atoms with van der Waals surface area (Å²) in [7, 11) is 4.10. The van der Waals surface area contributed by atoms with Crippen LogP contribution in [0.4, 0.5) is 10.5 Å². The number of anilines is 1. The first-order valence-corrected chi connectivity index (χ1v) is 6.82. The monoisotopic (exact) mass is 272 g/mol. The molecule has 1 aromatic carbocycles. The molecule has 1 atom stereocenters. The van der Waals surface area contributed by atoms with Crippen LogP contribution in [0.15, 0.2) is 24.3 Å². The Kier molecular flexibility index (Phi) is 4.59. The zero-order valence-electron chi connectivity index (χ0n) is 12.0. The van der Waals surface area contributed by atoms with Gasteiger partial charge >= 0.3 is 6.03 Å². The number of nitrogens with one attached hydrogen (secondary N) is 1. The van der Waals surface area contributed by atoms with Crippen molar-refractivity contribution in [1.29, 1.82) is 5.26 Å². The Morgan fingerprint density at radius 1 is 1.40 bits per heavy atom. The average Bonchev–Trinajstić information content (AvgIpc) is 2.48. The molecule has 5 nitrogen and oxygen atoms in total. The van der Waals surface area contributed by atoms with E-state index in [1.54, 1.807) is 24.3 Å². The number of carbonyl (C=O) groups is 1. The second kappa shape index (κ2) is 6.40. The van der Waals surface area contributed by atoms with E-state index in [4.69, 9.17) is 5.26 Å². The summed E-state index contributed by atoms with van der Waals surface area (Å²) in [6.45, 7) is 1.56. The number of nitrogens with zero attached hydrogens (tertiary/aromatic N) is 3. The number of benzene rings is 1. The van der Waals surface area contributed by atoms with Gasteiger partial charge in [-0.05, 0) is 51.2 Å². The molecule has 1 aromatic rings. The van der Waals surface area contributed by atoms with Crippen LogP contribution < -0.4 is 5.32 Å². The number of likely N-dealkylation sites (N-methyl/N-ethyl adjacent to an activating group) is 1. The van der Waals surface area contributed by atoms with Gasteiger partial charge in [0.05, 0.1) is 11.6 Å². The van der Waals surface area contributed by atoms with Gasteiger partial charge < -0.3 is 15.1 Å². The van der Waals surface area contributed by atoms with Crippen molar-refractivity contribution in [3.63, 3.8) is 0 Å². The van der Waals surface area contributed by atoms with Crippen LogP contribution >= 0.6 is 0 Å². The van der Waals surface area contributed by atoms with E-state index in [-0.39, 0.29) is 6.03 Å². The highest BCUT2D eigenvalue weighted by molar-refractivity contribution is 5.89. The van der Waals surface area contributed by atoms with Gasteiger partial charge in [-0.15, -0.1) is 0 Å². The number of carbonyl (C=O) groups excluding carboxylic acids is 1. The standard InChI is InChI=1S/C15H20N4O/c1-18(2)14-4-3-9-19(11-14)15(20)17-13-7-5-12(10-16)6-8-13/h5-8,14H,3-4,9,11H2,1-2H3,(H,17,20)/t14-/m1/s1. The largest absolute Gasteiger partial charge is 0.323 e. The minimum atomic E-state index is -0.0683. The van der Waals surface area contributed by atoms with Gasteiger partial charge in [0.25, 0.3) is 0 Å². The molecule has 1 N–H and O–H groups in total. The van der Waals surface area contributed by atoms with Gasteiger partial charge in [-0.25, -0.2) is 4.79 Å². The second-order valence-corrected chi connectivity index (χ2v) is 5.32. The summed E-state index contributed by atoms with van der Waals surface area (Å²) in [5.74, 6) is 0. The minimum absolute atomic E-state index is 0.0683. The molecule has 20 heavy (non-hydrogen) atoms. The van der Waals surface area contributed by atoms with E-state index in [1.165, 1.54) is 0 Å². The van der Waals surface area contributed by atoms with Crippen LogP contribution in [0, 0.1) is 11.3 Å². The molecule has 0 spiro atoms. The summed E-state index contributed by atoms with van der Waals surface area (Å²) >= 11 is 0. The number of rotatable bonds is 2. The first kappa shape index (κ1) is 14.4. The van der Waals surface area contributed by atoms with Crippen LogP contribution in [-0.4, -0.2) is 49.1 Å². The van der Waals surface area contributed by atoms with E-state index < -0.39 is 0 Å². The molecule has 0 bridgehead atoms. The molecule has 1 heterocycles. The Morgan fingerprint density at radius 3 is 2.70 bits per heavy atom. The van der Waals surface area contributed by atoms with Gasteiger partial charge in [0.15, 0.2) is 0 Å². The fraction of sp³-hybridized carbons (Fsp3) is 0.467. The molecule has 1 saturated heterocycles. The molecule has 0 radical (unpaired) electrons. The lowest BCUT2D eigenvalue weighted by atomic mass is 10.1. The number of piperidine rings is 1. The molecule has 2 rings (SSSR count). The first-order valence-electron chi connectivity index (χ1n) is 6.82. The Balaban J connectivity index is 1.95. The lowest BCUT2D eigenvalue weighted by Gasteiger charge is -2.36. The van der Waals surface area contributed by atoms with E-state index in [0.717, 1.165) is 31.6 Å². The van der Waals surface area contributed by atoms with Gasteiger partial charge in [0, 0.05) is 24.8 Å². The highest BCUT2D eigenvalue weighted by Crippen LogP contribution is 2.16. The first-order chi connectivity index (χ1) is 9.60. The highest BCUT2D eigenvalue weighted by atomic mass is 16.2. The van der Waals surface area contributed by atoms with Crippen molar-refractivity contribution in [3.05, 3.63) is 29.8 Å². The third kappa shape index (κ3) is 3.49. The van der Waals surface area contributed by atoms with Crippen molar-refractivity contribution < 1.29 is 4.79 Å². The van der Waals surface area contributed by atoms with E-state index >= 15 is 0 Å². The van der Waals surface area contributed by atoms with E-state index in [1.807, 2.05) is 19.0 Å². The summed E-state index contributed by atoms with van der Waals surface area (Å²) < 4.78 is 0. The molecule has 1 aliphatic rings. The molecule has 0 saturated carbocycles. The van der Waals surface area contributed by atoms with E-state index in [0.29, 0.717) is 11.6 Å². The van der Waals surface area contributed by atoms with Crippen molar-refractivity contribution in [3.8, 4) is 6.07 Å². The lowest BCUT2D eigenvalue weighted by Crippen LogP contribution is -2.48. The van der Waals surface area contributed by atoms with Crippen LogP contribution in [0.3, 0.4) is 0 Å². The second-order valence-electron chi connectivity index (χ2n) is 5.32. The topological polar surface area (TPSA) is 59.4 Å². The van der Waals surface area contributed by atoms with E-state index in [2.05, 4.69) is 16.3 Å². The number of amides is 2. The molecular weight excluding hydrogens is 252 g/mol. The highest BCUT2D eigenvalue weighted by Gasteiger charge is 2.24. The van der Waals surface area contributed by atoms with E-state index in [9.17, 15) is 4.79 Å². The predicted octanol–water partition coefficient (Wildman–Crippen LogP) is 2.12. The van der Waals surface area contributed by atoms with Crippen LogP contribution in [0.25, 0.3) is 0 Å². The van der Waals surface area contributed by atoms with Crippen LogP contribution in [0.1, 0.15) is 18.4 Å². The Labute approximate surface area is 119 Å². The molecule has 106 valence electrons. The average molecular weight is 272 g/mol. The molecule has 0 unspecified atom stereocenters. The van der Waals surface area contributed by atoms with Crippen molar-refractivity contribution >= 4 is 11.7 Å². The maximum atomic E-state index is 12.2. The zero-order chi connectivity index (χ0) is 14.5. The third-order valence-electron chi connectivity index (χ3n) is 3.68. The Bertz CT molecular complexity index is 504. The summed E-state index contributed by atoms with van der Waals surface area (Å²) in [5, 5.41) is 11.6. The normalized spacial score (nSPS) is 18.7. The molecule has 0 aromatic heterocycles. The fourth-order valence-corrected chi connectivity index (χ4v) is 2.39. The summed E-state index contributed by atoms with van der Waals surface area (Å²) in [6.07, 6.45) is 2.16. The van der Waals surface area contributed by atoms with Crippen LogP contribution in [-0.2, 0) is 0 Å². The van der Waals surface area contributed by atoms with Crippen LogP contribution in [0.2, 0.25) is 0 Å². The molecule has 2 amide bonds. The molecule has 0 aliphatic carbocycles. The van der Waals surface area contributed by atoms with Gasteiger partial charge in [-0.3, -0.25) is 0 Å². The van der Waals surface area contributed by atoms with Gasteiger partial charge in [-0.1, -0.05) is 0 Å². The van der Waals surface area contributed by atoms with Gasteiger partial charge in [-0.2, -0.15) is 5.26 Å². The minimum Gasteiger partial charge on any atom is -0.323 e. The van der Waals surface area contributed by atoms with Crippen molar-refractivity contribution in [2.24, 2.45) is 0 Å². The maximum absolute atomic E-state index is 12.2. The van der Waals surface area contributed by atoms with Crippen molar-refractivity contribution in [2.75, 3.05) is 32.5 Å². The summed E-state index contributed by atoms with van der Waals surface area (Å²) in [4.78, 5) is 16.2.